The Labute approximate surface area is 197 Å². The van der Waals surface area contributed by atoms with E-state index in [2.05, 4.69) is 36.3 Å². The summed E-state index contributed by atoms with van der Waals surface area (Å²) in [4.78, 5) is 28.4. The van der Waals surface area contributed by atoms with Gasteiger partial charge in [0.1, 0.15) is 0 Å². The Bertz CT molecular complexity index is 1480. The van der Waals surface area contributed by atoms with Crippen LogP contribution in [0.5, 0.6) is 0 Å². The SMILES string of the molecule is CCN(C)Cc1ccc2ccc(Cl)c(C3=C(c4cn(C)c5ccccc45)C(=O)NC3=O)c2c1. The van der Waals surface area contributed by atoms with Gasteiger partial charge in [-0.1, -0.05) is 54.9 Å². The van der Waals surface area contributed by atoms with Crippen LogP contribution >= 0.6 is 11.6 Å². The quantitative estimate of drug-likeness (QED) is 0.429. The van der Waals surface area contributed by atoms with Gasteiger partial charge in [-0.25, -0.2) is 0 Å². The highest BCUT2D eigenvalue weighted by Crippen LogP contribution is 2.41. The molecule has 3 aromatic carbocycles. The lowest BCUT2D eigenvalue weighted by Gasteiger charge is -2.16. The number of para-hydroxylation sites is 1. The third-order valence-electron chi connectivity index (χ3n) is 6.37. The lowest BCUT2D eigenvalue weighted by molar-refractivity contribution is -0.122. The summed E-state index contributed by atoms with van der Waals surface area (Å²) in [6.45, 7) is 3.81. The minimum Gasteiger partial charge on any atom is -0.350 e. The summed E-state index contributed by atoms with van der Waals surface area (Å²) < 4.78 is 1.97. The first-order chi connectivity index (χ1) is 15.9. The van der Waals surface area contributed by atoms with Crippen LogP contribution in [0.2, 0.25) is 5.02 Å². The van der Waals surface area contributed by atoms with Crippen molar-refractivity contribution >= 4 is 56.2 Å². The van der Waals surface area contributed by atoms with Crippen molar-refractivity contribution in [1.29, 1.82) is 0 Å². The Balaban J connectivity index is 1.82. The smallest absolute Gasteiger partial charge is 0.259 e. The monoisotopic (exact) mass is 457 g/mol. The molecule has 0 spiro atoms. The first-order valence-corrected chi connectivity index (χ1v) is 11.3. The Morgan fingerprint density at radius 1 is 0.970 bits per heavy atom. The van der Waals surface area contributed by atoms with Crippen molar-refractivity contribution in [1.82, 2.24) is 14.8 Å². The first-order valence-electron chi connectivity index (χ1n) is 10.9. The van der Waals surface area contributed by atoms with E-state index in [0.29, 0.717) is 21.7 Å². The summed E-state index contributed by atoms with van der Waals surface area (Å²) in [5.74, 6) is -0.824. The highest BCUT2D eigenvalue weighted by molar-refractivity contribution is 6.52. The zero-order valence-corrected chi connectivity index (χ0v) is 19.5. The van der Waals surface area contributed by atoms with Crippen molar-refractivity contribution in [3.05, 3.63) is 82.5 Å². The lowest BCUT2D eigenvalue weighted by atomic mass is 9.91. The molecule has 1 aliphatic heterocycles. The summed E-state index contributed by atoms with van der Waals surface area (Å²) in [5.41, 5.74) is 4.12. The van der Waals surface area contributed by atoms with E-state index in [0.717, 1.165) is 45.9 Å². The highest BCUT2D eigenvalue weighted by Gasteiger charge is 2.35. The van der Waals surface area contributed by atoms with E-state index < -0.39 is 11.8 Å². The molecule has 6 heteroatoms. The molecule has 1 aromatic heterocycles. The van der Waals surface area contributed by atoms with Crippen LogP contribution in [-0.2, 0) is 23.2 Å². The number of halogens is 1. The fourth-order valence-electron chi connectivity index (χ4n) is 4.61. The lowest BCUT2D eigenvalue weighted by Crippen LogP contribution is -2.22. The van der Waals surface area contributed by atoms with Crippen molar-refractivity contribution in [2.75, 3.05) is 13.6 Å². The van der Waals surface area contributed by atoms with Gasteiger partial charge in [-0.15, -0.1) is 0 Å². The van der Waals surface area contributed by atoms with E-state index in [-0.39, 0.29) is 0 Å². The molecule has 0 radical (unpaired) electrons. The minimum atomic E-state index is -0.423. The average molecular weight is 458 g/mol. The molecule has 1 N–H and O–H groups in total. The number of aryl methyl sites for hydroxylation is 1. The number of hydrogen-bond acceptors (Lipinski definition) is 3. The number of nitrogens with zero attached hydrogens (tertiary/aromatic N) is 2. The zero-order chi connectivity index (χ0) is 23.3. The predicted octanol–water partition coefficient (Wildman–Crippen LogP) is 5.00. The normalized spacial score (nSPS) is 14.2. The largest absolute Gasteiger partial charge is 0.350 e. The van der Waals surface area contributed by atoms with Crippen LogP contribution in [0.1, 0.15) is 23.6 Å². The maximum absolute atomic E-state index is 13.2. The molecule has 0 atom stereocenters. The molecule has 0 saturated carbocycles. The number of fused-ring (bicyclic) bond motifs is 2. The number of imide groups is 1. The number of rotatable bonds is 5. The van der Waals surface area contributed by atoms with E-state index in [1.807, 2.05) is 54.2 Å². The fourth-order valence-corrected chi connectivity index (χ4v) is 4.87. The van der Waals surface area contributed by atoms with E-state index in [9.17, 15) is 9.59 Å². The molecule has 5 rings (SSSR count). The maximum atomic E-state index is 13.2. The van der Waals surface area contributed by atoms with Gasteiger partial charge in [-0.05, 0) is 48.1 Å². The van der Waals surface area contributed by atoms with Crippen LogP contribution in [0.3, 0.4) is 0 Å². The number of hydrogen-bond donors (Lipinski definition) is 1. The van der Waals surface area contributed by atoms with E-state index in [4.69, 9.17) is 11.6 Å². The van der Waals surface area contributed by atoms with Crippen molar-refractivity contribution in [3.8, 4) is 0 Å². The zero-order valence-electron chi connectivity index (χ0n) is 18.8. The van der Waals surface area contributed by atoms with Gasteiger partial charge in [0.05, 0.1) is 11.1 Å². The van der Waals surface area contributed by atoms with Gasteiger partial charge in [-0.2, -0.15) is 0 Å². The molecule has 166 valence electrons. The fraction of sp³-hybridized carbons (Fsp3) is 0.185. The van der Waals surface area contributed by atoms with Crippen LogP contribution in [0.25, 0.3) is 32.8 Å². The molecule has 0 fully saturated rings. The molecule has 0 aliphatic carbocycles. The van der Waals surface area contributed by atoms with Gasteiger partial charge in [0.25, 0.3) is 11.8 Å². The van der Waals surface area contributed by atoms with E-state index >= 15 is 0 Å². The number of aromatic nitrogens is 1. The standard InChI is InChI=1S/C27H24ClN3O2/c1-4-30(2)14-16-9-10-17-11-12-21(28)23(19(17)13-16)25-24(26(32)29-27(25)33)20-15-31(3)22-8-6-5-7-18(20)22/h5-13,15H,4,14H2,1-3H3,(H,29,32,33). The molecule has 0 unspecified atom stereocenters. The molecule has 2 amide bonds. The van der Waals surface area contributed by atoms with Crippen LogP contribution in [0, 0.1) is 0 Å². The molecular formula is C27H24ClN3O2. The number of amides is 2. The summed E-state index contributed by atoms with van der Waals surface area (Å²) in [7, 11) is 4.00. The summed E-state index contributed by atoms with van der Waals surface area (Å²) in [5, 5.41) is 5.70. The van der Waals surface area contributed by atoms with Gasteiger partial charge in [-0.3, -0.25) is 14.9 Å². The number of carbonyl (C=O) groups is 2. The third kappa shape index (κ3) is 3.54. The van der Waals surface area contributed by atoms with E-state index in [1.165, 1.54) is 0 Å². The van der Waals surface area contributed by atoms with Crippen LogP contribution in [0.15, 0.2) is 60.8 Å². The van der Waals surface area contributed by atoms with Crippen LogP contribution < -0.4 is 5.32 Å². The number of nitrogens with one attached hydrogen (secondary N) is 1. The van der Waals surface area contributed by atoms with Crippen molar-refractivity contribution in [3.63, 3.8) is 0 Å². The molecule has 0 saturated heterocycles. The Morgan fingerprint density at radius 3 is 2.48 bits per heavy atom. The second kappa shape index (κ2) is 8.18. The second-order valence-corrected chi connectivity index (χ2v) is 8.92. The van der Waals surface area contributed by atoms with Gasteiger partial charge < -0.3 is 9.47 Å². The molecule has 1 aliphatic rings. The number of benzene rings is 3. The average Bonchev–Trinajstić information content (AvgIpc) is 3.28. The highest BCUT2D eigenvalue weighted by atomic mass is 35.5. The molecular weight excluding hydrogens is 434 g/mol. The van der Waals surface area contributed by atoms with Crippen LogP contribution in [0.4, 0.5) is 0 Å². The molecule has 33 heavy (non-hydrogen) atoms. The third-order valence-corrected chi connectivity index (χ3v) is 6.69. The van der Waals surface area contributed by atoms with Crippen molar-refractivity contribution < 1.29 is 9.59 Å². The minimum absolute atomic E-state index is 0.327. The van der Waals surface area contributed by atoms with Gasteiger partial charge in [0.2, 0.25) is 0 Å². The summed E-state index contributed by atoms with van der Waals surface area (Å²) in [6.07, 6.45) is 1.90. The summed E-state index contributed by atoms with van der Waals surface area (Å²) in [6, 6.07) is 17.8. The molecule has 0 bridgehead atoms. The van der Waals surface area contributed by atoms with Crippen molar-refractivity contribution in [2.24, 2.45) is 7.05 Å². The Morgan fingerprint density at radius 2 is 1.70 bits per heavy atom. The second-order valence-electron chi connectivity index (χ2n) is 8.51. The number of carbonyl (C=O) groups excluding carboxylic acids is 2. The molecule has 2 heterocycles. The maximum Gasteiger partial charge on any atom is 0.259 e. The molecule has 4 aromatic rings. The van der Waals surface area contributed by atoms with Crippen LogP contribution in [-0.4, -0.2) is 34.9 Å². The van der Waals surface area contributed by atoms with Crippen molar-refractivity contribution in [2.45, 2.75) is 13.5 Å². The Kier molecular flexibility index (Phi) is 5.31. The first kappa shape index (κ1) is 21.4. The predicted molar refractivity (Wildman–Crippen MR) is 134 cm³/mol. The van der Waals surface area contributed by atoms with E-state index in [1.54, 1.807) is 6.07 Å². The molecule has 5 nitrogen and oxygen atoms in total. The topological polar surface area (TPSA) is 54.3 Å². The Hall–Kier alpha value is -3.41. The van der Waals surface area contributed by atoms with Gasteiger partial charge in [0, 0.05) is 46.8 Å². The van der Waals surface area contributed by atoms with Gasteiger partial charge >= 0.3 is 0 Å². The summed E-state index contributed by atoms with van der Waals surface area (Å²) >= 11 is 6.72. The van der Waals surface area contributed by atoms with Gasteiger partial charge in [0.15, 0.2) is 0 Å².